The van der Waals surface area contributed by atoms with Crippen molar-refractivity contribution in [1.82, 2.24) is 24.6 Å². The third-order valence-electron chi connectivity index (χ3n) is 5.68. The van der Waals surface area contributed by atoms with Gasteiger partial charge in [0.1, 0.15) is 5.82 Å². The number of rotatable bonds is 7. The molecule has 2 aromatic rings. The molecule has 1 saturated heterocycles. The molecule has 0 bridgehead atoms. The molecule has 1 unspecified atom stereocenters. The second-order valence-corrected chi connectivity index (χ2v) is 7.89. The van der Waals surface area contributed by atoms with Crippen molar-refractivity contribution in [2.75, 3.05) is 26.8 Å². The van der Waals surface area contributed by atoms with Crippen LogP contribution in [0.25, 0.3) is 0 Å². The molecule has 156 valence electrons. The van der Waals surface area contributed by atoms with Gasteiger partial charge in [-0.25, -0.2) is 14.3 Å². The van der Waals surface area contributed by atoms with E-state index in [0.717, 1.165) is 43.6 Å². The first-order valence-electron chi connectivity index (χ1n) is 10.4. The number of piperidine rings is 1. The monoisotopic (exact) mass is 399 g/mol. The van der Waals surface area contributed by atoms with Crippen LogP contribution < -0.4 is 11.0 Å². The maximum absolute atomic E-state index is 12.8. The second kappa shape index (κ2) is 8.82. The average Bonchev–Trinajstić information content (AvgIpc) is 3.54. The highest BCUT2D eigenvalue weighted by atomic mass is 16.5. The van der Waals surface area contributed by atoms with Gasteiger partial charge in [0.25, 0.3) is 0 Å². The van der Waals surface area contributed by atoms with Crippen LogP contribution in [0.15, 0.2) is 35.1 Å². The van der Waals surface area contributed by atoms with E-state index >= 15 is 0 Å². The Labute approximate surface area is 170 Å². The van der Waals surface area contributed by atoms with E-state index in [1.807, 2.05) is 39.8 Å². The average molecular weight is 399 g/mol. The lowest BCUT2D eigenvalue weighted by Crippen LogP contribution is -2.45. The van der Waals surface area contributed by atoms with E-state index < -0.39 is 0 Å². The fourth-order valence-corrected chi connectivity index (χ4v) is 3.97. The molecule has 1 aliphatic heterocycles. The summed E-state index contributed by atoms with van der Waals surface area (Å²) >= 11 is 0. The molecule has 8 heteroatoms. The first-order valence-corrected chi connectivity index (χ1v) is 10.4. The summed E-state index contributed by atoms with van der Waals surface area (Å²) in [5, 5.41) is 7.66. The van der Waals surface area contributed by atoms with Crippen molar-refractivity contribution in [2.45, 2.75) is 50.7 Å². The predicted octanol–water partition coefficient (Wildman–Crippen LogP) is 2.12. The van der Waals surface area contributed by atoms with Crippen molar-refractivity contribution >= 4 is 6.03 Å². The molecule has 8 nitrogen and oxygen atoms in total. The largest absolute Gasteiger partial charge is 0.383 e. The Balaban J connectivity index is 1.45. The Morgan fingerprint density at radius 2 is 2.03 bits per heavy atom. The van der Waals surface area contributed by atoms with Gasteiger partial charge in [0.05, 0.1) is 13.2 Å². The third kappa shape index (κ3) is 4.53. The lowest BCUT2D eigenvalue weighted by Gasteiger charge is -2.32. The first kappa shape index (κ1) is 19.7. The molecular formula is C21H29N5O3. The number of benzene rings is 1. The zero-order valence-electron chi connectivity index (χ0n) is 16.9. The maximum atomic E-state index is 12.8. The molecule has 2 amide bonds. The van der Waals surface area contributed by atoms with Gasteiger partial charge in [-0.15, -0.1) is 0 Å². The minimum absolute atomic E-state index is 0.0507. The Bertz CT molecular complexity index is 887. The standard InChI is InChI=1S/C21H29N5O3/c1-29-13-12-25-21(28)26(18-9-10-18)19(23-25)17-8-5-11-24(15-17)20(27)22-14-16-6-3-2-4-7-16/h2-4,6-7,17-18H,5,8-15H2,1H3,(H,22,27). The van der Waals surface area contributed by atoms with Crippen molar-refractivity contribution in [3.8, 4) is 0 Å². The van der Waals surface area contributed by atoms with E-state index in [2.05, 4.69) is 10.4 Å². The maximum Gasteiger partial charge on any atom is 0.346 e. The number of likely N-dealkylation sites (tertiary alicyclic amines) is 1. The van der Waals surface area contributed by atoms with Gasteiger partial charge in [-0.3, -0.25) is 4.57 Å². The zero-order valence-corrected chi connectivity index (χ0v) is 16.9. The molecule has 1 N–H and O–H groups in total. The summed E-state index contributed by atoms with van der Waals surface area (Å²) in [5.74, 6) is 0.914. The third-order valence-corrected chi connectivity index (χ3v) is 5.68. The Kier molecular flexibility index (Phi) is 5.99. The summed E-state index contributed by atoms with van der Waals surface area (Å²) < 4.78 is 8.50. The number of urea groups is 1. The van der Waals surface area contributed by atoms with Crippen LogP contribution in [-0.2, 0) is 17.8 Å². The van der Waals surface area contributed by atoms with Gasteiger partial charge in [-0.2, -0.15) is 5.10 Å². The van der Waals surface area contributed by atoms with Crippen molar-refractivity contribution in [2.24, 2.45) is 0 Å². The second-order valence-electron chi connectivity index (χ2n) is 7.89. The summed E-state index contributed by atoms with van der Waals surface area (Å²) in [6.45, 7) is 2.75. The summed E-state index contributed by atoms with van der Waals surface area (Å²) in [4.78, 5) is 27.4. The molecule has 2 fully saturated rings. The molecule has 1 aromatic heterocycles. The highest BCUT2D eigenvalue weighted by Gasteiger charge is 2.35. The number of carbonyl (C=O) groups excluding carboxylic acids is 1. The van der Waals surface area contributed by atoms with Gasteiger partial charge in [0, 0.05) is 38.7 Å². The van der Waals surface area contributed by atoms with Crippen LogP contribution >= 0.6 is 0 Å². The Hall–Kier alpha value is -2.61. The normalized spacial score (nSPS) is 19.3. The van der Waals surface area contributed by atoms with E-state index in [0.29, 0.717) is 26.2 Å². The van der Waals surface area contributed by atoms with Crippen molar-refractivity contribution < 1.29 is 9.53 Å². The van der Waals surface area contributed by atoms with E-state index in [4.69, 9.17) is 4.74 Å². The lowest BCUT2D eigenvalue weighted by atomic mass is 9.97. The summed E-state index contributed by atoms with van der Waals surface area (Å²) in [6.07, 6.45) is 3.90. The smallest absolute Gasteiger partial charge is 0.346 e. The van der Waals surface area contributed by atoms with Gasteiger partial charge in [0.15, 0.2) is 0 Å². The number of hydrogen-bond donors (Lipinski definition) is 1. The molecule has 2 aliphatic rings. The summed E-state index contributed by atoms with van der Waals surface area (Å²) in [5.41, 5.74) is 1.03. The van der Waals surface area contributed by atoms with Crippen LogP contribution in [0, 0.1) is 0 Å². The number of hydrogen-bond acceptors (Lipinski definition) is 4. The Morgan fingerprint density at radius 3 is 2.76 bits per heavy atom. The SMILES string of the molecule is COCCn1nc(C2CCCN(C(=O)NCc3ccccc3)C2)n(C2CC2)c1=O. The zero-order chi connectivity index (χ0) is 20.2. The molecule has 29 heavy (non-hydrogen) atoms. The summed E-state index contributed by atoms with van der Waals surface area (Å²) in [7, 11) is 1.62. The fourth-order valence-electron chi connectivity index (χ4n) is 3.97. The Morgan fingerprint density at radius 1 is 1.24 bits per heavy atom. The van der Waals surface area contributed by atoms with Crippen LogP contribution in [0.3, 0.4) is 0 Å². The fraction of sp³-hybridized carbons (Fsp3) is 0.571. The predicted molar refractivity (Wildman–Crippen MR) is 109 cm³/mol. The summed E-state index contributed by atoms with van der Waals surface area (Å²) in [6, 6.07) is 10.1. The van der Waals surface area contributed by atoms with Crippen LogP contribution in [0.4, 0.5) is 4.79 Å². The molecule has 0 radical (unpaired) electrons. The minimum atomic E-state index is -0.0577. The minimum Gasteiger partial charge on any atom is -0.383 e. The number of amides is 2. The van der Waals surface area contributed by atoms with Crippen LogP contribution in [0.2, 0.25) is 0 Å². The quantitative estimate of drug-likeness (QED) is 0.773. The number of carbonyl (C=O) groups is 1. The van der Waals surface area contributed by atoms with Crippen LogP contribution in [0.1, 0.15) is 49.0 Å². The molecule has 1 atom stereocenters. The molecular weight excluding hydrogens is 370 g/mol. The molecule has 0 spiro atoms. The van der Waals surface area contributed by atoms with E-state index in [1.54, 1.807) is 7.11 Å². The number of ether oxygens (including phenoxy) is 1. The number of methoxy groups -OCH3 is 1. The molecule has 4 rings (SSSR count). The lowest BCUT2D eigenvalue weighted by molar-refractivity contribution is 0.176. The molecule has 1 aliphatic carbocycles. The van der Waals surface area contributed by atoms with Crippen LogP contribution in [0.5, 0.6) is 0 Å². The van der Waals surface area contributed by atoms with E-state index in [9.17, 15) is 9.59 Å². The molecule has 1 saturated carbocycles. The first-order chi connectivity index (χ1) is 14.2. The highest BCUT2D eigenvalue weighted by molar-refractivity contribution is 5.74. The molecule has 2 heterocycles. The topological polar surface area (TPSA) is 81.4 Å². The van der Waals surface area contributed by atoms with Crippen molar-refractivity contribution in [3.63, 3.8) is 0 Å². The van der Waals surface area contributed by atoms with Gasteiger partial charge in [-0.1, -0.05) is 30.3 Å². The molecule has 1 aromatic carbocycles. The van der Waals surface area contributed by atoms with Crippen LogP contribution in [-0.4, -0.2) is 52.1 Å². The van der Waals surface area contributed by atoms with Gasteiger partial charge < -0.3 is 15.0 Å². The van der Waals surface area contributed by atoms with E-state index in [1.165, 1.54) is 4.68 Å². The van der Waals surface area contributed by atoms with E-state index in [-0.39, 0.29) is 23.7 Å². The van der Waals surface area contributed by atoms with Gasteiger partial charge in [-0.05, 0) is 31.2 Å². The van der Waals surface area contributed by atoms with Crippen molar-refractivity contribution in [3.05, 3.63) is 52.2 Å². The van der Waals surface area contributed by atoms with Gasteiger partial charge >= 0.3 is 11.7 Å². The van der Waals surface area contributed by atoms with Gasteiger partial charge in [0.2, 0.25) is 0 Å². The van der Waals surface area contributed by atoms with Crippen molar-refractivity contribution in [1.29, 1.82) is 0 Å². The number of nitrogens with one attached hydrogen (secondary N) is 1. The number of aromatic nitrogens is 3. The number of nitrogens with zero attached hydrogens (tertiary/aromatic N) is 4. The highest BCUT2D eigenvalue weighted by Crippen LogP contribution is 2.37.